The van der Waals surface area contributed by atoms with Gasteiger partial charge in [0, 0.05) is 45.7 Å². The number of nitrogens with one attached hydrogen (secondary N) is 3. The monoisotopic (exact) mass is 414 g/mol. The molecule has 1 aromatic heterocycles. The summed E-state index contributed by atoms with van der Waals surface area (Å²) < 4.78 is 0. The molecule has 0 saturated carbocycles. The van der Waals surface area contributed by atoms with Crippen LogP contribution in [0.4, 0.5) is 11.6 Å². The second-order valence-corrected chi connectivity index (χ2v) is 7.74. The molecule has 0 amide bonds. The average molecular weight is 415 g/mol. The van der Waals surface area contributed by atoms with Gasteiger partial charge >= 0.3 is 5.97 Å². The maximum absolute atomic E-state index is 10.7. The Morgan fingerprint density at radius 2 is 1.93 bits per heavy atom. The molecule has 2 heterocycles. The zero-order valence-corrected chi connectivity index (χ0v) is 18.2. The van der Waals surface area contributed by atoms with Crippen LogP contribution in [0.5, 0.6) is 0 Å². The third-order valence-electron chi connectivity index (χ3n) is 5.90. The first-order chi connectivity index (χ1) is 14.6. The summed E-state index contributed by atoms with van der Waals surface area (Å²) in [5, 5.41) is 19.8. The third kappa shape index (κ3) is 5.05. The van der Waals surface area contributed by atoms with Crippen LogP contribution in [0.2, 0.25) is 0 Å². The van der Waals surface area contributed by atoms with E-state index in [-0.39, 0.29) is 6.42 Å². The highest BCUT2D eigenvalue weighted by Gasteiger charge is 2.27. The number of hydrogen-bond donors (Lipinski definition) is 4. The molecule has 4 N–H and O–H groups in total. The third-order valence-corrected chi connectivity index (χ3v) is 5.90. The van der Waals surface area contributed by atoms with Crippen LogP contribution >= 0.6 is 0 Å². The first-order valence-electron chi connectivity index (χ1n) is 10.8. The lowest BCUT2D eigenvalue weighted by Gasteiger charge is -2.25. The lowest BCUT2D eigenvalue weighted by atomic mass is 10.0. The van der Waals surface area contributed by atoms with Gasteiger partial charge in [-0.2, -0.15) is 4.79 Å². The molecule has 1 saturated heterocycles. The Morgan fingerprint density at radius 1 is 1.17 bits per heavy atom. The largest absolute Gasteiger partial charge is 0.481 e. The van der Waals surface area contributed by atoms with Crippen LogP contribution in [0.25, 0.3) is 0 Å². The highest BCUT2D eigenvalue weighted by atomic mass is 16.4. The summed E-state index contributed by atoms with van der Waals surface area (Å²) in [6, 6.07) is 9.19. The fraction of sp³-hybridized carbons (Fsp3) is 0.545. The van der Waals surface area contributed by atoms with Gasteiger partial charge in [0.1, 0.15) is 0 Å². The standard InChI is InChI=1S/C22H34N6O2/c1-23-21-18(22(24-2)28(25-3)26-21)13-15-27-14-5-7-19(27)17-11-9-16(10-12-17)6-4-8-20(29)30/h9-12,19,24-25H,4-8,13-15H2,1-3H3,(H,23,26)(H,29,30)/t19-/m1/s1. The molecule has 1 aliphatic rings. The molecular formula is C22H34N6O2. The lowest BCUT2D eigenvalue weighted by molar-refractivity contribution is -0.137. The van der Waals surface area contributed by atoms with Gasteiger partial charge in [-0.15, -0.1) is 5.10 Å². The van der Waals surface area contributed by atoms with Gasteiger partial charge in [-0.25, -0.2) is 0 Å². The Morgan fingerprint density at radius 3 is 2.57 bits per heavy atom. The number of carboxylic acids is 1. The van der Waals surface area contributed by atoms with Crippen molar-refractivity contribution in [2.45, 2.75) is 44.6 Å². The maximum Gasteiger partial charge on any atom is 0.303 e. The van der Waals surface area contributed by atoms with Gasteiger partial charge < -0.3 is 21.2 Å². The number of rotatable bonds is 11. The van der Waals surface area contributed by atoms with E-state index in [4.69, 9.17) is 5.11 Å². The van der Waals surface area contributed by atoms with E-state index in [2.05, 4.69) is 50.3 Å². The number of nitrogens with zero attached hydrogens (tertiary/aromatic N) is 3. The summed E-state index contributed by atoms with van der Waals surface area (Å²) in [6.45, 7) is 2.08. The molecule has 2 aromatic rings. The number of aliphatic carboxylic acids is 1. The Labute approximate surface area is 178 Å². The second-order valence-electron chi connectivity index (χ2n) is 7.74. The summed E-state index contributed by atoms with van der Waals surface area (Å²) in [5.74, 6) is 1.16. The SMILES string of the molecule is CNc1nn(NC)c(NC)c1CCN1CCC[C@@H]1c1ccc(CCCC(=O)O)cc1. The van der Waals surface area contributed by atoms with Crippen molar-refractivity contribution in [3.8, 4) is 0 Å². The van der Waals surface area contributed by atoms with Gasteiger partial charge in [-0.05, 0) is 49.8 Å². The number of anilines is 2. The van der Waals surface area contributed by atoms with Gasteiger partial charge in [-0.1, -0.05) is 24.3 Å². The molecule has 1 atom stereocenters. The summed E-state index contributed by atoms with van der Waals surface area (Å²) in [7, 11) is 5.69. The van der Waals surface area contributed by atoms with Crippen LogP contribution in [-0.4, -0.2) is 60.1 Å². The van der Waals surface area contributed by atoms with Gasteiger partial charge in [0.2, 0.25) is 0 Å². The minimum atomic E-state index is -0.726. The van der Waals surface area contributed by atoms with E-state index in [9.17, 15) is 4.79 Å². The van der Waals surface area contributed by atoms with Gasteiger partial charge in [0.15, 0.2) is 11.6 Å². The predicted molar refractivity (Wildman–Crippen MR) is 121 cm³/mol. The molecular weight excluding hydrogens is 380 g/mol. The van der Waals surface area contributed by atoms with Gasteiger partial charge in [0.25, 0.3) is 0 Å². The molecule has 8 nitrogen and oxygen atoms in total. The van der Waals surface area contributed by atoms with Crippen molar-refractivity contribution in [2.75, 3.05) is 50.3 Å². The maximum atomic E-state index is 10.7. The Balaban J connectivity index is 1.64. The molecule has 1 fully saturated rings. The minimum absolute atomic E-state index is 0.228. The van der Waals surface area contributed by atoms with E-state index in [1.807, 2.05) is 21.1 Å². The molecule has 3 rings (SSSR count). The summed E-state index contributed by atoms with van der Waals surface area (Å²) >= 11 is 0. The fourth-order valence-electron chi connectivity index (χ4n) is 4.38. The van der Waals surface area contributed by atoms with Crippen molar-refractivity contribution >= 4 is 17.6 Å². The number of likely N-dealkylation sites (tertiary alicyclic amines) is 1. The number of aromatic nitrogens is 2. The number of aryl methyl sites for hydroxylation is 1. The highest BCUT2D eigenvalue weighted by Crippen LogP contribution is 2.33. The van der Waals surface area contributed by atoms with Crippen LogP contribution < -0.4 is 16.1 Å². The first kappa shape index (κ1) is 22.0. The van der Waals surface area contributed by atoms with E-state index in [1.54, 1.807) is 4.79 Å². The Kier molecular flexibility index (Phi) is 7.57. The van der Waals surface area contributed by atoms with Crippen molar-refractivity contribution in [2.24, 2.45) is 0 Å². The second kappa shape index (κ2) is 10.3. The molecule has 0 spiro atoms. The topological polar surface area (TPSA) is 94.5 Å². The van der Waals surface area contributed by atoms with Crippen molar-refractivity contribution in [3.63, 3.8) is 0 Å². The van der Waals surface area contributed by atoms with Crippen molar-refractivity contribution < 1.29 is 9.90 Å². The lowest BCUT2D eigenvalue weighted by Crippen LogP contribution is -2.26. The number of carbonyl (C=O) groups is 1. The van der Waals surface area contributed by atoms with Gasteiger partial charge in [-0.3, -0.25) is 9.69 Å². The van der Waals surface area contributed by atoms with Crippen LogP contribution in [0.3, 0.4) is 0 Å². The Bertz CT molecular complexity index is 833. The predicted octanol–water partition coefficient (Wildman–Crippen LogP) is 2.93. The normalized spacial score (nSPS) is 16.6. The molecule has 1 aliphatic heterocycles. The quantitative estimate of drug-likeness (QED) is 0.449. The average Bonchev–Trinajstić information content (AvgIpc) is 3.36. The first-order valence-corrected chi connectivity index (χ1v) is 10.8. The molecule has 0 aliphatic carbocycles. The number of hydrogen-bond acceptors (Lipinski definition) is 6. The zero-order valence-electron chi connectivity index (χ0n) is 18.2. The van der Waals surface area contributed by atoms with Crippen LogP contribution in [-0.2, 0) is 17.6 Å². The van der Waals surface area contributed by atoms with E-state index in [0.29, 0.717) is 12.5 Å². The molecule has 0 radical (unpaired) electrons. The minimum Gasteiger partial charge on any atom is -0.481 e. The molecule has 8 heteroatoms. The summed E-state index contributed by atoms with van der Waals surface area (Å²) in [4.78, 5) is 15.0. The molecule has 164 valence electrons. The van der Waals surface area contributed by atoms with E-state index >= 15 is 0 Å². The zero-order chi connectivity index (χ0) is 21.5. The molecule has 0 bridgehead atoms. The Hall–Kier alpha value is -2.74. The molecule has 30 heavy (non-hydrogen) atoms. The van der Waals surface area contributed by atoms with E-state index in [0.717, 1.165) is 37.6 Å². The molecule has 0 unspecified atom stereocenters. The van der Waals surface area contributed by atoms with E-state index in [1.165, 1.54) is 29.5 Å². The summed E-state index contributed by atoms with van der Waals surface area (Å²) in [6.07, 6.45) is 5.02. The number of benzene rings is 1. The van der Waals surface area contributed by atoms with Crippen molar-refractivity contribution in [1.29, 1.82) is 0 Å². The smallest absolute Gasteiger partial charge is 0.303 e. The molecule has 1 aromatic carbocycles. The summed E-state index contributed by atoms with van der Waals surface area (Å²) in [5.41, 5.74) is 6.84. The van der Waals surface area contributed by atoms with Crippen LogP contribution in [0.15, 0.2) is 24.3 Å². The fourth-order valence-corrected chi connectivity index (χ4v) is 4.38. The number of carboxylic acid groups (broad SMARTS) is 1. The highest BCUT2D eigenvalue weighted by molar-refractivity contribution is 5.66. The van der Waals surface area contributed by atoms with Crippen LogP contribution in [0.1, 0.15) is 48.4 Å². The van der Waals surface area contributed by atoms with Crippen LogP contribution in [0, 0.1) is 0 Å². The van der Waals surface area contributed by atoms with Crippen molar-refractivity contribution in [3.05, 3.63) is 41.0 Å². The van der Waals surface area contributed by atoms with Gasteiger partial charge in [0.05, 0.1) is 0 Å². The van der Waals surface area contributed by atoms with E-state index < -0.39 is 5.97 Å². The van der Waals surface area contributed by atoms with Crippen molar-refractivity contribution in [1.82, 2.24) is 14.8 Å².